The molecule has 1 N–H and O–H groups in total. The molecule has 2 heterocycles. The number of carbonyl (C=O) groups is 1. The lowest BCUT2D eigenvalue weighted by atomic mass is 9.90. The van der Waals surface area contributed by atoms with Crippen LogP contribution in [0.4, 0.5) is 0 Å². The maximum atomic E-state index is 11.5. The first-order valence-electron chi connectivity index (χ1n) is 14.6. The number of ether oxygens (including phenoxy) is 1. The van der Waals surface area contributed by atoms with E-state index in [0.29, 0.717) is 31.5 Å². The number of rotatable bonds is 16. The summed E-state index contributed by atoms with van der Waals surface area (Å²) in [7, 11) is 0. The van der Waals surface area contributed by atoms with Gasteiger partial charge in [-0.3, -0.25) is 9.69 Å². The Morgan fingerprint density at radius 2 is 1.68 bits per heavy atom. The van der Waals surface area contributed by atoms with Gasteiger partial charge < -0.3 is 9.84 Å². The fourth-order valence-electron chi connectivity index (χ4n) is 5.02. The van der Waals surface area contributed by atoms with Crippen LogP contribution in [0.1, 0.15) is 91.1 Å². The number of aliphatic carboxylic acids is 1. The molecular weight excluding hydrogens is 549 g/mol. The van der Waals surface area contributed by atoms with E-state index < -0.39 is 5.97 Å². The number of hydrogen-bond donors (Lipinski definition) is 1. The summed E-state index contributed by atoms with van der Waals surface area (Å²) < 4.78 is 6.08. The van der Waals surface area contributed by atoms with E-state index in [1.165, 1.54) is 36.1 Å². The van der Waals surface area contributed by atoms with Crippen molar-refractivity contribution in [3.63, 3.8) is 0 Å². The fourth-order valence-corrected chi connectivity index (χ4v) is 6.92. The van der Waals surface area contributed by atoms with Crippen LogP contribution in [-0.4, -0.2) is 27.5 Å². The van der Waals surface area contributed by atoms with E-state index in [2.05, 4.69) is 92.7 Å². The van der Waals surface area contributed by atoms with Crippen molar-refractivity contribution in [3.8, 4) is 16.9 Å². The van der Waals surface area contributed by atoms with Crippen LogP contribution in [0, 0.1) is 0 Å². The van der Waals surface area contributed by atoms with Crippen molar-refractivity contribution < 1.29 is 14.6 Å². The van der Waals surface area contributed by atoms with E-state index in [0.717, 1.165) is 32.3 Å². The Hall–Kier alpha value is -3.00. The monoisotopic (exact) mass is 590 g/mol. The van der Waals surface area contributed by atoms with Gasteiger partial charge in [0.1, 0.15) is 17.4 Å². The third-order valence-corrected chi connectivity index (χ3v) is 9.41. The highest BCUT2D eigenvalue weighted by Crippen LogP contribution is 2.30. The van der Waals surface area contributed by atoms with Gasteiger partial charge in [0, 0.05) is 22.5 Å². The molecular formula is C34H42N2O3S2. The fraction of sp³-hybridized carbons (Fsp3) is 0.412. The molecule has 0 atom stereocenters. The first kappa shape index (κ1) is 30.9. The van der Waals surface area contributed by atoms with Gasteiger partial charge in [0.25, 0.3) is 0 Å². The summed E-state index contributed by atoms with van der Waals surface area (Å²) >= 11 is 3.33. The molecule has 218 valence electrons. The lowest BCUT2D eigenvalue weighted by Gasteiger charge is -2.18. The molecule has 0 saturated carbocycles. The maximum Gasteiger partial charge on any atom is 0.317 e. The quantitative estimate of drug-likeness (QED) is 0.141. The molecule has 2 aromatic carbocycles. The van der Waals surface area contributed by atoms with Crippen LogP contribution in [0.3, 0.4) is 0 Å². The molecule has 0 aliphatic heterocycles. The van der Waals surface area contributed by atoms with Crippen molar-refractivity contribution in [1.82, 2.24) is 9.88 Å². The van der Waals surface area contributed by atoms with Crippen molar-refractivity contribution in [1.29, 1.82) is 0 Å². The zero-order chi connectivity index (χ0) is 29.2. The molecule has 7 heteroatoms. The van der Waals surface area contributed by atoms with E-state index in [9.17, 15) is 9.90 Å². The number of aromatic nitrogens is 1. The van der Waals surface area contributed by atoms with Crippen molar-refractivity contribution in [3.05, 3.63) is 92.1 Å². The number of carboxylic acid groups (broad SMARTS) is 1. The Morgan fingerprint density at radius 3 is 2.29 bits per heavy atom. The summed E-state index contributed by atoms with van der Waals surface area (Å²) in [5.41, 5.74) is 4.83. The average molecular weight is 591 g/mol. The van der Waals surface area contributed by atoms with Gasteiger partial charge in [-0.05, 0) is 70.5 Å². The lowest BCUT2D eigenvalue weighted by Crippen LogP contribution is -2.28. The molecule has 0 fully saturated rings. The molecule has 0 aliphatic rings. The van der Waals surface area contributed by atoms with E-state index in [4.69, 9.17) is 4.74 Å². The highest BCUT2D eigenvalue weighted by Gasteiger charge is 2.16. The first-order valence-corrected chi connectivity index (χ1v) is 16.3. The zero-order valence-electron chi connectivity index (χ0n) is 24.6. The van der Waals surface area contributed by atoms with Crippen molar-refractivity contribution in [2.75, 3.05) is 6.54 Å². The second-order valence-electron chi connectivity index (χ2n) is 11.0. The molecule has 0 aliphatic carbocycles. The minimum atomic E-state index is -0.826. The first-order chi connectivity index (χ1) is 19.8. The van der Waals surface area contributed by atoms with Gasteiger partial charge in [-0.2, -0.15) is 0 Å². The third-order valence-electron chi connectivity index (χ3n) is 7.21. The SMILES string of the molecule is CCCC(CCC)c1ccc(OCc2ccc(-c3csc(CN(CC(=O)O)Cc4ncc(C(C)C)s4)c3)cc2)cc1. The molecule has 0 amide bonds. The number of thiazole rings is 1. The molecule has 0 spiro atoms. The van der Waals surface area contributed by atoms with Crippen molar-refractivity contribution in [2.45, 2.75) is 84.9 Å². The number of carboxylic acids is 1. The summed E-state index contributed by atoms with van der Waals surface area (Å²) in [5, 5.41) is 12.6. The number of nitrogens with zero attached hydrogens (tertiary/aromatic N) is 2. The molecule has 4 rings (SSSR count). The Kier molecular flexibility index (Phi) is 11.5. The molecule has 5 nitrogen and oxygen atoms in total. The van der Waals surface area contributed by atoms with E-state index in [1.54, 1.807) is 22.7 Å². The molecule has 0 saturated heterocycles. The number of hydrogen-bond acceptors (Lipinski definition) is 6. The average Bonchev–Trinajstić information content (AvgIpc) is 3.62. The van der Waals surface area contributed by atoms with Crippen LogP contribution < -0.4 is 4.74 Å². The topological polar surface area (TPSA) is 62.7 Å². The molecule has 0 unspecified atom stereocenters. The van der Waals surface area contributed by atoms with Gasteiger partial charge in [0.2, 0.25) is 0 Å². The largest absolute Gasteiger partial charge is 0.489 e. The highest BCUT2D eigenvalue weighted by molar-refractivity contribution is 7.11. The van der Waals surface area contributed by atoms with Gasteiger partial charge in [-0.1, -0.05) is 76.9 Å². The van der Waals surface area contributed by atoms with Gasteiger partial charge >= 0.3 is 5.97 Å². The summed E-state index contributed by atoms with van der Waals surface area (Å²) in [4.78, 5) is 20.4. The van der Waals surface area contributed by atoms with Gasteiger partial charge in [-0.15, -0.1) is 22.7 Å². The number of benzene rings is 2. The molecule has 0 radical (unpaired) electrons. The molecule has 4 aromatic rings. The normalized spacial score (nSPS) is 11.6. The molecule has 2 aromatic heterocycles. The van der Waals surface area contributed by atoms with Crippen LogP contribution in [0.5, 0.6) is 5.75 Å². The Bertz CT molecular complexity index is 1350. The van der Waals surface area contributed by atoms with Crippen LogP contribution in [0.25, 0.3) is 11.1 Å². The summed E-state index contributed by atoms with van der Waals surface area (Å²) in [6.45, 7) is 10.4. The highest BCUT2D eigenvalue weighted by atomic mass is 32.1. The smallest absolute Gasteiger partial charge is 0.317 e. The summed E-state index contributed by atoms with van der Waals surface area (Å²) in [6.07, 6.45) is 6.80. The van der Waals surface area contributed by atoms with Crippen molar-refractivity contribution in [2.24, 2.45) is 0 Å². The van der Waals surface area contributed by atoms with Crippen molar-refractivity contribution >= 4 is 28.6 Å². The van der Waals surface area contributed by atoms with Gasteiger partial charge in [0.05, 0.1) is 13.1 Å². The lowest BCUT2D eigenvalue weighted by molar-refractivity contribution is -0.138. The minimum Gasteiger partial charge on any atom is -0.489 e. The van der Waals surface area contributed by atoms with E-state index in [-0.39, 0.29) is 6.54 Å². The maximum absolute atomic E-state index is 11.5. The van der Waals surface area contributed by atoms with Gasteiger partial charge in [-0.25, -0.2) is 4.98 Å². The predicted octanol–water partition coefficient (Wildman–Crippen LogP) is 9.34. The molecule has 41 heavy (non-hydrogen) atoms. The van der Waals surface area contributed by atoms with Gasteiger partial charge in [0.15, 0.2) is 0 Å². The number of thiophene rings is 1. The summed E-state index contributed by atoms with van der Waals surface area (Å²) in [6, 6.07) is 19.3. The summed E-state index contributed by atoms with van der Waals surface area (Å²) in [5.74, 6) is 1.14. The Morgan fingerprint density at radius 1 is 0.976 bits per heavy atom. The predicted molar refractivity (Wildman–Crippen MR) is 171 cm³/mol. The van der Waals surface area contributed by atoms with E-state index in [1.807, 2.05) is 11.1 Å². The minimum absolute atomic E-state index is 0.0146. The second-order valence-corrected chi connectivity index (χ2v) is 13.1. The van der Waals surface area contributed by atoms with E-state index >= 15 is 0 Å². The molecule has 0 bridgehead atoms. The van der Waals surface area contributed by atoms with Crippen LogP contribution >= 0.6 is 22.7 Å². The zero-order valence-corrected chi connectivity index (χ0v) is 26.3. The van der Waals surface area contributed by atoms with Crippen LogP contribution in [0.2, 0.25) is 0 Å². The standard InChI is InChI=1S/C34H42N2O3S2/c1-5-7-26(8-6-2)27-13-15-30(16-14-27)39-22-25-9-11-28(12-10-25)29-17-31(40-23-29)19-36(21-34(37)38)20-33-35-18-32(41-33)24(3)4/h9-18,23-24,26H,5-8,19-22H2,1-4H3,(H,37,38). The Labute approximate surface area is 252 Å². The Balaban J connectivity index is 1.33. The van der Waals surface area contributed by atoms with Crippen LogP contribution in [-0.2, 0) is 24.5 Å². The second kappa shape index (κ2) is 15.3. The third kappa shape index (κ3) is 9.25. The van der Waals surface area contributed by atoms with Crippen LogP contribution in [0.15, 0.2) is 66.2 Å².